The molecule has 0 fully saturated rings. The minimum absolute atomic E-state index is 0.729. The average Bonchev–Trinajstić information content (AvgIpc) is 2.82. The first-order valence-corrected chi connectivity index (χ1v) is 6.07. The van der Waals surface area contributed by atoms with E-state index < -0.39 is 0 Å². The molecule has 0 aliphatic rings. The summed E-state index contributed by atoms with van der Waals surface area (Å²) < 4.78 is 0. The number of rotatable bonds is 2. The van der Waals surface area contributed by atoms with Crippen molar-refractivity contribution < 1.29 is 0 Å². The number of aromatic nitrogens is 2. The Morgan fingerprint density at radius 2 is 1.89 bits per heavy atom. The van der Waals surface area contributed by atoms with E-state index in [1.165, 1.54) is 0 Å². The standard InChI is InChI=1S/C14H12ClN3/c1-16-11-6-7-12-13(8-11)18-14(17-12)9-2-4-10(15)5-3-9/h2-8,16H,1H3,(H,17,18). The van der Waals surface area contributed by atoms with Gasteiger partial charge in [-0.25, -0.2) is 4.98 Å². The fourth-order valence-corrected chi connectivity index (χ4v) is 2.04. The molecule has 0 unspecified atom stereocenters. The van der Waals surface area contributed by atoms with Gasteiger partial charge in [0.2, 0.25) is 0 Å². The monoisotopic (exact) mass is 257 g/mol. The largest absolute Gasteiger partial charge is 0.388 e. The van der Waals surface area contributed by atoms with Gasteiger partial charge < -0.3 is 10.3 Å². The third-order valence-corrected chi connectivity index (χ3v) is 3.14. The maximum atomic E-state index is 5.88. The number of halogens is 1. The summed E-state index contributed by atoms with van der Waals surface area (Å²) in [6.07, 6.45) is 0. The van der Waals surface area contributed by atoms with Crippen LogP contribution in [0.3, 0.4) is 0 Å². The predicted octanol–water partition coefficient (Wildman–Crippen LogP) is 3.93. The highest BCUT2D eigenvalue weighted by Crippen LogP contribution is 2.23. The molecule has 0 bridgehead atoms. The van der Waals surface area contributed by atoms with Crippen LogP contribution in [0.25, 0.3) is 22.4 Å². The van der Waals surface area contributed by atoms with Gasteiger partial charge in [0.1, 0.15) is 5.82 Å². The molecule has 90 valence electrons. The second-order valence-corrected chi connectivity index (χ2v) is 4.51. The van der Waals surface area contributed by atoms with Crippen LogP contribution in [0.1, 0.15) is 0 Å². The summed E-state index contributed by atoms with van der Waals surface area (Å²) in [4.78, 5) is 7.87. The van der Waals surface area contributed by atoms with Gasteiger partial charge >= 0.3 is 0 Å². The second kappa shape index (κ2) is 4.35. The number of anilines is 1. The van der Waals surface area contributed by atoms with E-state index >= 15 is 0 Å². The number of imidazole rings is 1. The van der Waals surface area contributed by atoms with Gasteiger partial charge in [-0.3, -0.25) is 0 Å². The maximum absolute atomic E-state index is 5.88. The number of fused-ring (bicyclic) bond motifs is 1. The Kier molecular flexibility index (Phi) is 2.68. The van der Waals surface area contributed by atoms with E-state index in [0.717, 1.165) is 33.1 Å². The molecule has 1 aromatic heterocycles. The summed E-state index contributed by atoms with van der Waals surface area (Å²) in [5, 5.41) is 3.84. The molecular weight excluding hydrogens is 246 g/mol. The smallest absolute Gasteiger partial charge is 0.138 e. The highest BCUT2D eigenvalue weighted by Gasteiger charge is 2.05. The fraction of sp³-hybridized carbons (Fsp3) is 0.0714. The van der Waals surface area contributed by atoms with Crippen molar-refractivity contribution in [1.29, 1.82) is 0 Å². The number of benzene rings is 2. The van der Waals surface area contributed by atoms with Gasteiger partial charge in [0.25, 0.3) is 0 Å². The van der Waals surface area contributed by atoms with E-state index in [2.05, 4.69) is 15.3 Å². The third-order valence-electron chi connectivity index (χ3n) is 2.89. The van der Waals surface area contributed by atoms with E-state index in [-0.39, 0.29) is 0 Å². The van der Waals surface area contributed by atoms with Gasteiger partial charge in [0.15, 0.2) is 0 Å². The second-order valence-electron chi connectivity index (χ2n) is 4.07. The van der Waals surface area contributed by atoms with Crippen LogP contribution in [0.15, 0.2) is 42.5 Å². The van der Waals surface area contributed by atoms with Crippen LogP contribution in [0.2, 0.25) is 5.02 Å². The number of H-pyrrole nitrogens is 1. The lowest BCUT2D eigenvalue weighted by Gasteiger charge is -1.97. The molecule has 3 nitrogen and oxygen atoms in total. The minimum atomic E-state index is 0.729. The van der Waals surface area contributed by atoms with E-state index in [4.69, 9.17) is 11.6 Å². The van der Waals surface area contributed by atoms with Crippen molar-refractivity contribution in [2.45, 2.75) is 0 Å². The zero-order chi connectivity index (χ0) is 12.5. The van der Waals surface area contributed by atoms with Gasteiger partial charge in [-0.2, -0.15) is 0 Å². The van der Waals surface area contributed by atoms with Crippen LogP contribution >= 0.6 is 11.6 Å². The highest BCUT2D eigenvalue weighted by molar-refractivity contribution is 6.30. The molecule has 0 spiro atoms. The summed E-state index contributed by atoms with van der Waals surface area (Å²) >= 11 is 5.88. The Hall–Kier alpha value is -2.00. The molecule has 18 heavy (non-hydrogen) atoms. The quantitative estimate of drug-likeness (QED) is 0.730. The molecule has 0 atom stereocenters. The Balaban J connectivity index is 2.10. The first-order chi connectivity index (χ1) is 8.76. The van der Waals surface area contributed by atoms with E-state index in [0.29, 0.717) is 0 Å². The van der Waals surface area contributed by atoms with Crippen molar-refractivity contribution in [3.63, 3.8) is 0 Å². The summed E-state index contributed by atoms with van der Waals surface area (Å²) in [5.41, 5.74) is 4.07. The number of nitrogens with one attached hydrogen (secondary N) is 2. The molecule has 0 aliphatic heterocycles. The van der Waals surface area contributed by atoms with Crippen molar-refractivity contribution >= 4 is 28.3 Å². The Labute approximate surface area is 110 Å². The maximum Gasteiger partial charge on any atom is 0.138 e. The summed E-state index contributed by atoms with van der Waals surface area (Å²) in [5.74, 6) is 0.856. The number of hydrogen-bond donors (Lipinski definition) is 2. The molecule has 0 aliphatic carbocycles. The minimum Gasteiger partial charge on any atom is -0.388 e. The van der Waals surface area contributed by atoms with Crippen molar-refractivity contribution in [3.05, 3.63) is 47.5 Å². The Morgan fingerprint density at radius 3 is 2.61 bits per heavy atom. The van der Waals surface area contributed by atoms with Crippen molar-refractivity contribution in [2.75, 3.05) is 12.4 Å². The molecule has 2 N–H and O–H groups in total. The van der Waals surface area contributed by atoms with Crippen molar-refractivity contribution in [1.82, 2.24) is 9.97 Å². The van der Waals surface area contributed by atoms with Gasteiger partial charge in [-0.15, -0.1) is 0 Å². The lowest BCUT2D eigenvalue weighted by molar-refractivity contribution is 1.34. The molecule has 2 aromatic carbocycles. The molecule has 0 amide bonds. The molecular formula is C14H12ClN3. The molecule has 3 rings (SSSR count). The predicted molar refractivity (Wildman–Crippen MR) is 76.1 cm³/mol. The summed E-state index contributed by atoms with van der Waals surface area (Å²) in [7, 11) is 1.90. The zero-order valence-corrected chi connectivity index (χ0v) is 10.6. The number of nitrogens with zero attached hydrogens (tertiary/aromatic N) is 1. The lowest BCUT2D eigenvalue weighted by atomic mass is 10.2. The molecule has 1 heterocycles. The Morgan fingerprint density at radius 1 is 1.11 bits per heavy atom. The van der Waals surface area contributed by atoms with E-state index in [1.54, 1.807) is 0 Å². The molecule has 0 saturated heterocycles. The Bertz CT molecular complexity index is 686. The highest BCUT2D eigenvalue weighted by atomic mass is 35.5. The van der Waals surface area contributed by atoms with Gasteiger partial charge in [-0.05, 0) is 42.5 Å². The van der Waals surface area contributed by atoms with Crippen LogP contribution < -0.4 is 5.32 Å². The molecule has 0 radical (unpaired) electrons. The van der Waals surface area contributed by atoms with Crippen LogP contribution in [-0.2, 0) is 0 Å². The zero-order valence-electron chi connectivity index (χ0n) is 9.87. The van der Waals surface area contributed by atoms with Crippen LogP contribution in [0.4, 0.5) is 5.69 Å². The number of aromatic amines is 1. The van der Waals surface area contributed by atoms with Gasteiger partial charge in [-0.1, -0.05) is 11.6 Å². The molecule has 3 aromatic rings. The van der Waals surface area contributed by atoms with Crippen molar-refractivity contribution in [2.24, 2.45) is 0 Å². The fourth-order valence-electron chi connectivity index (χ4n) is 1.91. The topological polar surface area (TPSA) is 40.7 Å². The van der Waals surface area contributed by atoms with Crippen LogP contribution in [-0.4, -0.2) is 17.0 Å². The van der Waals surface area contributed by atoms with Gasteiger partial charge in [0.05, 0.1) is 11.0 Å². The van der Waals surface area contributed by atoms with Crippen LogP contribution in [0, 0.1) is 0 Å². The van der Waals surface area contributed by atoms with Crippen molar-refractivity contribution in [3.8, 4) is 11.4 Å². The molecule has 4 heteroatoms. The summed E-state index contributed by atoms with van der Waals surface area (Å²) in [6, 6.07) is 13.7. The van der Waals surface area contributed by atoms with Crippen LogP contribution in [0.5, 0.6) is 0 Å². The third kappa shape index (κ3) is 1.93. The first-order valence-electron chi connectivity index (χ1n) is 5.70. The van der Waals surface area contributed by atoms with E-state index in [1.807, 2.05) is 49.5 Å². The normalized spacial score (nSPS) is 10.8. The summed E-state index contributed by atoms with van der Waals surface area (Å²) in [6.45, 7) is 0. The van der Waals surface area contributed by atoms with E-state index in [9.17, 15) is 0 Å². The van der Waals surface area contributed by atoms with Gasteiger partial charge in [0, 0.05) is 23.3 Å². The lowest BCUT2D eigenvalue weighted by Crippen LogP contribution is -1.86. The average molecular weight is 258 g/mol. The number of hydrogen-bond acceptors (Lipinski definition) is 2. The first kappa shape index (κ1) is 11.1. The SMILES string of the molecule is CNc1ccc2nc(-c3ccc(Cl)cc3)[nH]c2c1. The molecule has 0 saturated carbocycles.